The molecule has 0 saturated heterocycles. The molecule has 0 radical (unpaired) electrons. The first-order valence-electron chi connectivity index (χ1n) is 16.6. The molecule has 6 heteroatoms. The molecule has 4 aromatic carbocycles. The number of phenolic OH excluding ortho intramolecular Hbond substituents is 2. The van der Waals surface area contributed by atoms with Gasteiger partial charge in [-0.1, -0.05) is 97.1 Å². The van der Waals surface area contributed by atoms with Crippen molar-refractivity contribution in [1.82, 2.24) is 19.9 Å². The third-order valence-corrected chi connectivity index (χ3v) is 9.36. The Bertz CT molecular complexity index is 2740. The molecule has 0 unspecified atom stereocenters. The molecule has 6 N–H and O–H groups in total. The second-order valence-corrected chi connectivity index (χ2v) is 12.4. The van der Waals surface area contributed by atoms with E-state index < -0.39 is 0 Å². The van der Waals surface area contributed by atoms with Gasteiger partial charge in [-0.2, -0.15) is 0 Å². The Hall–Kier alpha value is -6.92. The molecule has 1 aliphatic heterocycles. The minimum atomic E-state index is -0.0202. The van der Waals surface area contributed by atoms with Crippen LogP contribution in [0.3, 0.4) is 0 Å². The average Bonchev–Trinajstić information content (AvgIpc) is 3.98. The van der Waals surface area contributed by atoms with Gasteiger partial charge in [0.1, 0.15) is 11.5 Å². The van der Waals surface area contributed by atoms with Gasteiger partial charge in [-0.3, -0.25) is 0 Å². The summed E-state index contributed by atoms with van der Waals surface area (Å²) in [6.45, 7) is 0. The maximum Gasteiger partial charge on any atom is 0.127 e. The number of H-pyrrole nitrogens is 4. The summed E-state index contributed by atoms with van der Waals surface area (Å²) in [5.74, 6) is -0.0403. The number of rotatable bonds is 4. The van der Waals surface area contributed by atoms with Gasteiger partial charge in [0.15, 0.2) is 0 Å². The maximum absolute atomic E-state index is 11.2. The third kappa shape index (κ3) is 4.98. The van der Waals surface area contributed by atoms with Crippen molar-refractivity contribution in [1.29, 1.82) is 0 Å². The molecular weight excluding hydrogens is 617 g/mol. The number of benzene rings is 4. The van der Waals surface area contributed by atoms with Gasteiger partial charge in [-0.15, -0.1) is 0 Å². The Morgan fingerprint density at radius 1 is 0.280 bits per heavy atom. The summed E-state index contributed by atoms with van der Waals surface area (Å²) < 4.78 is 0. The molecule has 50 heavy (non-hydrogen) atoms. The van der Waals surface area contributed by atoms with Gasteiger partial charge in [0.2, 0.25) is 0 Å². The molecule has 0 spiro atoms. The van der Waals surface area contributed by atoms with Crippen LogP contribution in [0, 0.1) is 0 Å². The molecule has 8 bridgehead atoms. The van der Waals surface area contributed by atoms with Crippen LogP contribution in [0.4, 0.5) is 0 Å². The van der Waals surface area contributed by atoms with Gasteiger partial charge >= 0.3 is 0 Å². The van der Waals surface area contributed by atoms with E-state index in [0.29, 0.717) is 11.1 Å². The lowest BCUT2D eigenvalue weighted by Crippen LogP contribution is -2.19. The number of aromatic hydroxyl groups is 2. The van der Waals surface area contributed by atoms with Gasteiger partial charge in [0.05, 0.1) is 5.56 Å². The normalized spacial score (nSPS) is 12.8. The predicted octanol–water partition coefficient (Wildman–Crippen LogP) is 5.71. The van der Waals surface area contributed by atoms with Crippen LogP contribution in [0.25, 0.3) is 22.3 Å². The number of fused-ring (bicyclic) bond motifs is 8. The topological polar surface area (TPSA) is 104 Å². The summed E-state index contributed by atoms with van der Waals surface area (Å²) >= 11 is 0. The first-order valence-corrected chi connectivity index (χ1v) is 16.6. The second kappa shape index (κ2) is 12.0. The molecule has 240 valence electrons. The van der Waals surface area contributed by atoms with Crippen molar-refractivity contribution >= 4 is 22.3 Å². The van der Waals surface area contributed by atoms with Crippen LogP contribution in [0.15, 0.2) is 158 Å². The minimum Gasteiger partial charge on any atom is -0.507 e. The second-order valence-electron chi connectivity index (χ2n) is 12.4. The fourth-order valence-electron chi connectivity index (χ4n) is 7.13. The molecule has 0 amide bonds. The average molecular weight is 649 g/mol. The van der Waals surface area contributed by atoms with E-state index >= 15 is 0 Å². The molecule has 6 nitrogen and oxygen atoms in total. The van der Waals surface area contributed by atoms with Crippen molar-refractivity contribution in [2.24, 2.45) is 0 Å². The summed E-state index contributed by atoms with van der Waals surface area (Å²) in [5.41, 5.74) is 10.7. The van der Waals surface area contributed by atoms with Crippen molar-refractivity contribution in [3.63, 3.8) is 0 Å². The highest BCUT2D eigenvalue weighted by Crippen LogP contribution is 2.36. The zero-order valence-electron chi connectivity index (χ0n) is 26.9. The number of hydrogen-bond donors (Lipinski definition) is 6. The first-order chi connectivity index (χ1) is 24.6. The zero-order chi connectivity index (χ0) is 33.6. The molecule has 5 heterocycles. The highest BCUT2D eigenvalue weighted by Gasteiger charge is 2.21. The molecule has 0 aliphatic carbocycles. The highest BCUT2D eigenvalue weighted by molar-refractivity contribution is 5.87. The molecule has 0 atom stereocenters. The van der Waals surface area contributed by atoms with Crippen molar-refractivity contribution in [3.05, 3.63) is 224 Å². The molecular formula is C44H32N4O2. The molecule has 1 aliphatic rings. The van der Waals surface area contributed by atoms with Crippen LogP contribution in [0.2, 0.25) is 0 Å². The number of hydrogen-bond acceptors (Lipinski definition) is 2. The van der Waals surface area contributed by atoms with Crippen molar-refractivity contribution in [2.45, 2.75) is 0 Å². The number of aromatic amines is 4. The van der Waals surface area contributed by atoms with Crippen LogP contribution in [-0.2, 0) is 0 Å². The van der Waals surface area contributed by atoms with Crippen LogP contribution in [0.1, 0.15) is 45.0 Å². The quantitative estimate of drug-likeness (QED) is 0.147. The van der Waals surface area contributed by atoms with Crippen LogP contribution >= 0.6 is 0 Å². The molecule has 9 rings (SSSR count). The number of nitrogens with one attached hydrogen (secondary N) is 4. The summed E-state index contributed by atoms with van der Waals surface area (Å²) in [6.07, 6.45) is 0. The molecule has 0 fully saturated rings. The van der Waals surface area contributed by atoms with E-state index in [1.54, 1.807) is 18.2 Å². The lowest BCUT2D eigenvalue weighted by Gasteiger charge is -2.11. The van der Waals surface area contributed by atoms with Crippen molar-refractivity contribution < 1.29 is 10.2 Å². The molecule has 8 aromatic rings. The zero-order valence-corrected chi connectivity index (χ0v) is 26.9. The van der Waals surface area contributed by atoms with Gasteiger partial charge in [-0.25, -0.2) is 0 Å². The van der Waals surface area contributed by atoms with E-state index in [2.05, 4.69) is 105 Å². The lowest BCUT2D eigenvalue weighted by atomic mass is 10.0. The first kappa shape index (κ1) is 29.2. The van der Waals surface area contributed by atoms with Crippen molar-refractivity contribution in [2.75, 3.05) is 0 Å². The standard InChI is InChI=1S/C44H32N4O2/c49-38-17-10-18-39(50)44(38)43-36-25-23-34(47-36)41(28-13-6-2-7-14-28)32-21-19-30(45-32)40(27-11-4-1-5-12-27)31-20-22-33(46-31)42(29-15-8-3-9-16-29)35-24-26-37(43)48-35/h1-26,45-50H. The fraction of sp³-hybridized carbons (Fsp3) is 0. The monoisotopic (exact) mass is 648 g/mol. The summed E-state index contributed by atoms with van der Waals surface area (Å²) in [5, 5.41) is 25.9. The van der Waals surface area contributed by atoms with Gasteiger partial charge in [0, 0.05) is 66.5 Å². The Kier molecular flexibility index (Phi) is 6.99. The maximum atomic E-state index is 11.2. The fourth-order valence-corrected chi connectivity index (χ4v) is 7.13. The van der Waals surface area contributed by atoms with E-state index in [-0.39, 0.29) is 11.5 Å². The smallest absolute Gasteiger partial charge is 0.127 e. The highest BCUT2D eigenvalue weighted by atomic mass is 16.3. The lowest BCUT2D eigenvalue weighted by molar-refractivity contribution is 0.447. The Labute approximate surface area is 287 Å². The van der Waals surface area contributed by atoms with Gasteiger partial charge in [0.25, 0.3) is 0 Å². The van der Waals surface area contributed by atoms with Crippen LogP contribution in [0.5, 0.6) is 11.5 Å². The largest absolute Gasteiger partial charge is 0.507 e. The minimum absolute atomic E-state index is 0.0202. The summed E-state index contributed by atoms with van der Waals surface area (Å²) in [7, 11) is 0. The van der Waals surface area contributed by atoms with Crippen LogP contribution in [-0.4, -0.2) is 30.1 Å². The number of aromatic nitrogens is 4. The van der Waals surface area contributed by atoms with Crippen LogP contribution < -0.4 is 21.4 Å². The van der Waals surface area contributed by atoms with E-state index in [1.165, 1.54) is 0 Å². The van der Waals surface area contributed by atoms with E-state index in [0.717, 1.165) is 77.6 Å². The number of phenols is 2. The third-order valence-electron chi connectivity index (χ3n) is 9.36. The predicted molar refractivity (Wildman–Crippen MR) is 197 cm³/mol. The van der Waals surface area contributed by atoms with E-state index in [1.807, 2.05) is 54.6 Å². The Balaban J connectivity index is 1.46. The van der Waals surface area contributed by atoms with Gasteiger partial charge < -0.3 is 30.1 Å². The Morgan fingerprint density at radius 3 is 0.960 bits per heavy atom. The molecule has 4 aromatic heterocycles. The summed E-state index contributed by atoms with van der Waals surface area (Å²) in [6, 6.07) is 52.5. The van der Waals surface area contributed by atoms with Crippen molar-refractivity contribution in [3.8, 4) is 11.5 Å². The van der Waals surface area contributed by atoms with Gasteiger partial charge in [-0.05, 0) is 77.4 Å². The SMILES string of the molecule is Oc1cccc(O)c1C1=c2ccc([nH]2)=C(c2ccccc2)c2ccc([nH]2)C(c2ccccc2)=c2ccc([nH]2)=C(c2ccccc2)c2ccc1[nH]2. The summed E-state index contributed by atoms with van der Waals surface area (Å²) in [4.78, 5) is 14.9. The Morgan fingerprint density at radius 2 is 0.600 bits per heavy atom. The van der Waals surface area contributed by atoms with E-state index in [4.69, 9.17) is 0 Å². The molecule has 0 saturated carbocycles. The van der Waals surface area contributed by atoms with E-state index in [9.17, 15) is 10.2 Å².